The number of aromatic nitrogens is 2. The van der Waals surface area contributed by atoms with E-state index >= 15 is 0 Å². The lowest BCUT2D eigenvalue weighted by atomic mass is 10.2. The maximum absolute atomic E-state index is 12.7. The van der Waals surface area contributed by atoms with Gasteiger partial charge in [0.15, 0.2) is 0 Å². The monoisotopic (exact) mass is 369 g/mol. The molecule has 0 bridgehead atoms. The van der Waals surface area contributed by atoms with E-state index in [0.717, 1.165) is 11.3 Å². The molecular formula is C23H19N3O2. The fraction of sp³-hybridized carbons (Fsp3) is 0.0435. The van der Waals surface area contributed by atoms with E-state index in [1.807, 2.05) is 66.7 Å². The van der Waals surface area contributed by atoms with Crippen LogP contribution in [0.3, 0.4) is 0 Å². The average molecular weight is 369 g/mol. The van der Waals surface area contributed by atoms with Gasteiger partial charge in [0.05, 0.1) is 12.7 Å². The molecule has 0 radical (unpaired) electrons. The minimum absolute atomic E-state index is 0.215. The highest BCUT2D eigenvalue weighted by atomic mass is 16.5. The molecule has 0 saturated carbocycles. The Balaban J connectivity index is 1.47. The number of rotatable bonds is 6. The van der Waals surface area contributed by atoms with Crippen LogP contribution in [0.15, 0.2) is 97.2 Å². The second-order valence-electron chi connectivity index (χ2n) is 6.26. The minimum Gasteiger partial charge on any atom is -0.457 e. The molecule has 4 aromatic rings. The van der Waals surface area contributed by atoms with Gasteiger partial charge in [-0.25, -0.2) is 4.68 Å². The Bertz CT molecular complexity index is 1060. The van der Waals surface area contributed by atoms with Crippen molar-refractivity contribution in [1.29, 1.82) is 0 Å². The number of nitrogens with zero attached hydrogens (tertiary/aromatic N) is 2. The number of hydrogen-bond acceptors (Lipinski definition) is 3. The highest BCUT2D eigenvalue weighted by molar-refractivity contribution is 6.04. The number of benzene rings is 3. The zero-order chi connectivity index (χ0) is 19.2. The van der Waals surface area contributed by atoms with Crippen molar-refractivity contribution < 1.29 is 9.53 Å². The predicted molar refractivity (Wildman–Crippen MR) is 109 cm³/mol. The average Bonchev–Trinajstić information content (AvgIpc) is 3.16. The van der Waals surface area contributed by atoms with Gasteiger partial charge in [0, 0.05) is 11.6 Å². The summed E-state index contributed by atoms with van der Waals surface area (Å²) in [6.07, 6.45) is 1.67. The second kappa shape index (κ2) is 8.22. The number of ether oxygens (including phenoxy) is 1. The fourth-order valence-electron chi connectivity index (χ4n) is 2.84. The number of anilines is 1. The summed E-state index contributed by atoms with van der Waals surface area (Å²) in [7, 11) is 0. The molecule has 5 nitrogen and oxygen atoms in total. The van der Waals surface area contributed by atoms with Crippen molar-refractivity contribution >= 4 is 11.7 Å². The van der Waals surface area contributed by atoms with Gasteiger partial charge in [-0.1, -0.05) is 54.6 Å². The molecule has 5 heteroatoms. The van der Waals surface area contributed by atoms with E-state index in [1.165, 1.54) is 0 Å². The number of carbonyl (C=O) groups is 1. The van der Waals surface area contributed by atoms with Crippen molar-refractivity contribution in [2.45, 2.75) is 6.54 Å². The van der Waals surface area contributed by atoms with Crippen molar-refractivity contribution in [1.82, 2.24) is 9.78 Å². The molecule has 1 aromatic heterocycles. The molecule has 0 spiro atoms. The third-order valence-corrected chi connectivity index (χ3v) is 4.21. The Kier molecular flexibility index (Phi) is 5.15. The van der Waals surface area contributed by atoms with Gasteiger partial charge in [-0.05, 0) is 35.9 Å². The Morgan fingerprint density at radius 3 is 2.36 bits per heavy atom. The Morgan fingerprint density at radius 1 is 0.857 bits per heavy atom. The molecule has 0 atom stereocenters. The van der Waals surface area contributed by atoms with Crippen LogP contribution in [-0.4, -0.2) is 15.7 Å². The summed E-state index contributed by atoms with van der Waals surface area (Å²) in [6.45, 7) is 0.584. The van der Waals surface area contributed by atoms with E-state index in [9.17, 15) is 4.79 Å². The zero-order valence-corrected chi connectivity index (χ0v) is 15.2. The molecule has 1 amide bonds. The molecule has 1 heterocycles. The van der Waals surface area contributed by atoms with Crippen molar-refractivity contribution in [2.75, 3.05) is 5.32 Å². The highest BCUT2D eigenvalue weighted by Crippen LogP contribution is 2.22. The van der Waals surface area contributed by atoms with Crippen LogP contribution in [0.25, 0.3) is 0 Å². The normalized spacial score (nSPS) is 10.4. The first-order chi connectivity index (χ1) is 13.8. The molecule has 3 aromatic carbocycles. The largest absolute Gasteiger partial charge is 0.457 e. The Morgan fingerprint density at radius 2 is 1.57 bits per heavy atom. The fourth-order valence-corrected chi connectivity index (χ4v) is 2.84. The van der Waals surface area contributed by atoms with Gasteiger partial charge in [0.1, 0.15) is 17.3 Å². The summed E-state index contributed by atoms with van der Waals surface area (Å²) in [6, 6.07) is 28.3. The summed E-state index contributed by atoms with van der Waals surface area (Å²) >= 11 is 0. The predicted octanol–water partition coefficient (Wildman–Crippen LogP) is 4.98. The van der Waals surface area contributed by atoms with E-state index in [1.54, 1.807) is 35.1 Å². The lowest BCUT2D eigenvalue weighted by molar-refractivity contribution is 0.102. The van der Waals surface area contributed by atoms with Gasteiger partial charge < -0.3 is 10.1 Å². The molecule has 0 aliphatic heterocycles. The summed E-state index contributed by atoms with van der Waals surface area (Å²) in [4.78, 5) is 12.7. The van der Waals surface area contributed by atoms with Gasteiger partial charge in [-0.3, -0.25) is 4.79 Å². The lowest BCUT2D eigenvalue weighted by Crippen LogP contribution is -2.16. The van der Waals surface area contributed by atoms with Crippen LogP contribution in [0.1, 0.15) is 15.9 Å². The summed E-state index contributed by atoms with van der Waals surface area (Å²) in [5.41, 5.74) is 1.63. The van der Waals surface area contributed by atoms with Crippen molar-refractivity contribution in [3.63, 3.8) is 0 Å². The molecule has 1 N–H and O–H groups in total. The third kappa shape index (κ3) is 4.27. The zero-order valence-electron chi connectivity index (χ0n) is 15.2. The Labute approximate surface area is 163 Å². The smallest absolute Gasteiger partial charge is 0.256 e. The molecule has 138 valence electrons. The standard InChI is InChI=1S/C23H19N3O2/c27-23(19-10-7-13-21(16-19)28-20-11-5-2-6-12-20)25-22-14-15-24-26(22)17-18-8-3-1-4-9-18/h1-16H,17H2,(H,25,27). The number of amides is 1. The van der Waals surface area contributed by atoms with E-state index in [-0.39, 0.29) is 5.91 Å². The molecule has 28 heavy (non-hydrogen) atoms. The van der Waals surface area contributed by atoms with Crippen LogP contribution in [0.4, 0.5) is 5.82 Å². The lowest BCUT2D eigenvalue weighted by Gasteiger charge is -2.10. The minimum atomic E-state index is -0.215. The molecular weight excluding hydrogens is 350 g/mol. The van der Waals surface area contributed by atoms with Crippen LogP contribution in [0.2, 0.25) is 0 Å². The quantitative estimate of drug-likeness (QED) is 0.522. The van der Waals surface area contributed by atoms with E-state index < -0.39 is 0 Å². The second-order valence-corrected chi connectivity index (χ2v) is 6.26. The summed E-state index contributed by atoms with van der Waals surface area (Å²) in [5.74, 6) is 1.76. The van der Waals surface area contributed by atoms with Crippen LogP contribution in [0, 0.1) is 0 Å². The first kappa shape index (κ1) is 17.5. The number of hydrogen-bond donors (Lipinski definition) is 1. The highest BCUT2D eigenvalue weighted by Gasteiger charge is 2.11. The van der Waals surface area contributed by atoms with Gasteiger partial charge >= 0.3 is 0 Å². The topological polar surface area (TPSA) is 56.2 Å². The van der Waals surface area contributed by atoms with E-state index in [2.05, 4.69) is 10.4 Å². The van der Waals surface area contributed by atoms with Crippen LogP contribution in [0.5, 0.6) is 11.5 Å². The summed E-state index contributed by atoms with van der Waals surface area (Å²) in [5, 5.41) is 7.23. The Hall–Kier alpha value is -3.86. The van der Waals surface area contributed by atoms with Gasteiger partial charge in [-0.2, -0.15) is 5.10 Å². The SMILES string of the molecule is O=C(Nc1ccnn1Cc1ccccc1)c1cccc(Oc2ccccc2)c1. The van der Waals surface area contributed by atoms with Crippen molar-refractivity contribution in [2.24, 2.45) is 0 Å². The maximum Gasteiger partial charge on any atom is 0.256 e. The number of nitrogens with one attached hydrogen (secondary N) is 1. The molecule has 4 rings (SSSR count). The van der Waals surface area contributed by atoms with Crippen LogP contribution < -0.4 is 10.1 Å². The van der Waals surface area contributed by atoms with Gasteiger partial charge in [-0.15, -0.1) is 0 Å². The van der Waals surface area contributed by atoms with Crippen molar-refractivity contribution in [3.05, 3.63) is 108 Å². The van der Waals surface area contributed by atoms with Crippen molar-refractivity contribution in [3.8, 4) is 11.5 Å². The van der Waals surface area contributed by atoms with Crippen LogP contribution >= 0.6 is 0 Å². The van der Waals surface area contributed by atoms with E-state index in [0.29, 0.717) is 23.7 Å². The molecule has 0 saturated heterocycles. The van der Waals surface area contributed by atoms with Crippen LogP contribution in [-0.2, 0) is 6.54 Å². The molecule has 0 aliphatic rings. The third-order valence-electron chi connectivity index (χ3n) is 4.21. The van der Waals surface area contributed by atoms with E-state index in [4.69, 9.17) is 4.74 Å². The first-order valence-corrected chi connectivity index (χ1v) is 8.98. The molecule has 0 fully saturated rings. The molecule has 0 aliphatic carbocycles. The number of para-hydroxylation sites is 1. The van der Waals surface area contributed by atoms with Gasteiger partial charge in [0.25, 0.3) is 5.91 Å². The molecule has 0 unspecified atom stereocenters. The number of carbonyl (C=O) groups excluding carboxylic acids is 1. The first-order valence-electron chi connectivity index (χ1n) is 8.98. The van der Waals surface area contributed by atoms with Gasteiger partial charge in [0.2, 0.25) is 0 Å². The maximum atomic E-state index is 12.7. The summed E-state index contributed by atoms with van der Waals surface area (Å²) < 4.78 is 7.57.